The smallest absolute Gasteiger partial charge is 0.222 e. The molecule has 1 atom stereocenters. The van der Waals surface area contributed by atoms with Crippen molar-refractivity contribution in [3.63, 3.8) is 0 Å². The van der Waals surface area contributed by atoms with Gasteiger partial charge in [0.25, 0.3) is 0 Å². The Hall–Kier alpha value is -1.35. The van der Waals surface area contributed by atoms with E-state index in [0.717, 1.165) is 38.9 Å². The highest BCUT2D eigenvalue weighted by atomic mass is 16.2. The van der Waals surface area contributed by atoms with Crippen LogP contribution >= 0.6 is 0 Å². The van der Waals surface area contributed by atoms with Crippen LogP contribution in [0.15, 0.2) is 30.3 Å². The van der Waals surface area contributed by atoms with E-state index in [1.807, 2.05) is 6.07 Å². The first-order valence-corrected chi connectivity index (χ1v) is 7.85. The van der Waals surface area contributed by atoms with Crippen LogP contribution in [0.4, 0.5) is 0 Å². The van der Waals surface area contributed by atoms with E-state index < -0.39 is 0 Å². The number of piperidine rings is 1. The number of nitrogens with zero attached hydrogens (tertiary/aromatic N) is 1. The number of hydrogen-bond donors (Lipinski definition) is 1. The van der Waals surface area contributed by atoms with E-state index in [9.17, 15) is 4.79 Å². The predicted molar refractivity (Wildman–Crippen MR) is 82.7 cm³/mol. The van der Waals surface area contributed by atoms with Crippen molar-refractivity contribution in [1.82, 2.24) is 10.2 Å². The molecule has 1 aliphatic heterocycles. The van der Waals surface area contributed by atoms with Crippen molar-refractivity contribution >= 4 is 5.91 Å². The summed E-state index contributed by atoms with van der Waals surface area (Å²) in [5.41, 5.74) is 1.32. The van der Waals surface area contributed by atoms with Gasteiger partial charge in [0.2, 0.25) is 5.91 Å². The quantitative estimate of drug-likeness (QED) is 0.865. The molecule has 1 amide bonds. The largest absolute Gasteiger partial charge is 0.339 e. The lowest BCUT2D eigenvalue weighted by Gasteiger charge is -2.34. The molecule has 1 aromatic rings. The lowest BCUT2D eigenvalue weighted by atomic mass is 10.0. The molecule has 3 heteroatoms. The second-order valence-corrected chi connectivity index (χ2v) is 5.52. The van der Waals surface area contributed by atoms with Crippen LogP contribution in [0.3, 0.4) is 0 Å². The summed E-state index contributed by atoms with van der Waals surface area (Å²) in [6.07, 6.45) is 4.93. The van der Waals surface area contributed by atoms with Crippen LogP contribution in [-0.4, -0.2) is 36.5 Å². The molecule has 1 aromatic carbocycles. The van der Waals surface area contributed by atoms with Gasteiger partial charge in [-0.3, -0.25) is 4.79 Å². The van der Waals surface area contributed by atoms with Crippen molar-refractivity contribution in [2.45, 2.75) is 45.1 Å². The Morgan fingerprint density at radius 3 is 2.80 bits per heavy atom. The number of rotatable bonds is 6. The van der Waals surface area contributed by atoms with Crippen LogP contribution in [-0.2, 0) is 11.2 Å². The minimum atomic E-state index is 0.317. The molecule has 0 spiro atoms. The van der Waals surface area contributed by atoms with Gasteiger partial charge in [-0.1, -0.05) is 30.3 Å². The summed E-state index contributed by atoms with van der Waals surface area (Å²) < 4.78 is 0. The van der Waals surface area contributed by atoms with Gasteiger partial charge in [-0.15, -0.1) is 0 Å². The molecule has 1 unspecified atom stereocenters. The molecule has 1 heterocycles. The van der Waals surface area contributed by atoms with E-state index in [2.05, 4.69) is 41.4 Å². The van der Waals surface area contributed by atoms with Gasteiger partial charge in [-0.25, -0.2) is 0 Å². The molecular formula is C17H26N2O. The fourth-order valence-corrected chi connectivity index (χ4v) is 2.97. The standard InChI is InChI=1S/C17H26N2O/c1-2-19(16-11-7-13-18-14-16)17(20)12-6-10-15-8-4-3-5-9-15/h3-5,8-9,16,18H,2,6-7,10-14H2,1H3. The van der Waals surface area contributed by atoms with Crippen molar-refractivity contribution in [3.8, 4) is 0 Å². The van der Waals surface area contributed by atoms with Gasteiger partial charge >= 0.3 is 0 Å². The molecule has 0 aromatic heterocycles. The van der Waals surface area contributed by atoms with Gasteiger partial charge in [0.1, 0.15) is 0 Å². The number of aryl methyl sites for hydroxylation is 1. The summed E-state index contributed by atoms with van der Waals surface area (Å²) in [6.45, 7) is 4.97. The van der Waals surface area contributed by atoms with E-state index in [4.69, 9.17) is 0 Å². The van der Waals surface area contributed by atoms with Crippen molar-refractivity contribution in [2.24, 2.45) is 0 Å². The van der Waals surface area contributed by atoms with Gasteiger partial charge in [0.05, 0.1) is 0 Å². The minimum Gasteiger partial charge on any atom is -0.339 e. The number of nitrogens with one attached hydrogen (secondary N) is 1. The van der Waals surface area contributed by atoms with E-state index in [-0.39, 0.29) is 0 Å². The van der Waals surface area contributed by atoms with Crippen LogP contribution in [0.25, 0.3) is 0 Å². The molecule has 1 saturated heterocycles. The van der Waals surface area contributed by atoms with Gasteiger partial charge in [-0.2, -0.15) is 0 Å². The maximum atomic E-state index is 12.4. The third-order valence-corrected chi connectivity index (χ3v) is 4.07. The highest BCUT2D eigenvalue weighted by Gasteiger charge is 2.23. The molecule has 0 radical (unpaired) electrons. The highest BCUT2D eigenvalue weighted by Crippen LogP contribution is 2.13. The Bertz CT molecular complexity index is 399. The number of carbonyl (C=O) groups excluding carboxylic acids is 1. The summed E-state index contributed by atoms with van der Waals surface area (Å²) in [4.78, 5) is 14.4. The van der Waals surface area contributed by atoms with Crippen LogP contribution in [0, 0.1) is 0 Å². The summed E-state index contributed by atoms with van der Waals surface area (Å²) in [7, 11) is 0. The SMILES string of the molecule is CCN(C(=O)CCCc1ccccc1)C1CCCNC1. The fraction of sp³-hybridized carbons (Fsp3) is 0.588. The Morgan fingerprint density at radius 2 is 2.15 bits per heavy atom. The van der Waals surface area contributed by atoms with Gasteiger partial charge in [-0.05, 0) is 44.7 Å². The topological polar surface area (TPSA) is 32.3 Å². The molecular weight excluding hydrogens is 248 g/mol. The first-order chi connectivity index (χ1) is 9.81. The average molecular weight is 274 g/mol. The van der Waals surface area contributed by atoms with Crippen molar-refractivity contribution < 1.29 is 4.79 Å². The predicted octanol–water partition coefficient (Wildman–Crippen LogP) is 2.61. The lowest BCUT2D eigenvalue weighted by Crippen LogP contribution is -2.48. The van der Waals surface area contributed by atoms with Crippen LogP contribution in [0.1, 0.15) is 38.2 Å². The summed E-state index contributed by atoms with van der Waals surface area (Å²) >= 11 is 0. The third kappa shape index (κ3) is 4.34. The monoisotopic (exact) mass is 274 g/mol. The minimum absolute atomic E-state index is 0.317. The van der Waals surface area contributed by atoms with E-state index in [1.165, 1.54) is 12.0 Å². The first kappa shape index (κ1) is 15.0. The Morgan fingerprint density at radius 1 is 1.35 bits per heavy atom. The second-order valence-electron chi connectivity index (χ2n) is 5.52. The van der Waals surface area contributed by atoms with E-state index >= 15 is 0 Å². The Kier molecular flexibility index (Phi) is 6.06. The second kappa shape index (κ2) is 8.05. The molecule has 1 aliphatic rings. The molecule has 1 N–H and O–H groups in total. The van der Waals surface area contributed by atoms with E-state index in [0.29, 0.717) is 18.4 Å². The number of amides is 1. The number of benzene rings is 1. The summed E-state index contributed by atoms with van der Waals surface area (Å²) in [5.74, 6) is 0.317. The Balaban J connectivity index is 1.77. The molecule has 110 valence electrons. The number of hydrogen-bond acceptors (Lipinski definition) is 2. The third-order valence-electron chi connectivity index (χ3n) is 4.07. The fourth-order valence-electron chi connectivity index (χ4n) is 2.97. The maximum absolute atomic E-state index is 12.4. The molecule has 3 nitrogen and oxygen atoms in total. The van der Waals surface area contributed by atoms with Crippen molar-refractivity contribution in [3.05, 3.63) is 35.9 Å². The van der Waals surface area contributed by atoms with Crippen LogP contribution in [0.5, 0.6) is 0 Å². The van der Waals surface area contributed by atoms with Gasteiger partial charge in [0, 0.05) is 25.6 Å². The molecule has 0 bridgehead atoms. The van der Waals surface area contributed by atoms with Gasteiger partial charge < -0.3 is 10.2 Å². The molecule has 1 fully saturated rings. The van der Waals surface area contributed by atoms with Crippen molar-refractivity contribution in [1.29, 1.82) is 0 Å². The van der Waals surface area contributed by atoms with Gasteiger partial charge in [0.15, 0.2) is 0 Å². The average Bonchev–Trinajstić information content (AvgIpc) is 2.50. The summed E-state index contributed by atoms with van der Waals surface area (Å²) in [5, 5.41) is 3.39. The molecule has 2 rings (SSSR count). The highest BCUT2D eigenvalue weighted by molar-refractivity contribution is 5.76. The first-order valence-electron chi connectivity index (χ1n) is 7.85. The number of carbonyl (C=O) groups is 1. The molecule has 20 heavy (non-hydrogen) atoms. The lowest BCUT2D eigenvalue weighted by molar-refractivity contribution is -0.133. The zero-order valence-corrected chi connectivity index (χ0v) is 12.5. The van der Waals surface area contributed by atoms with Crippen LogP contribution in [0.2, 0.25) is 0 Å². The molecule has 0 saturated carbocycles. The summed E-state index contributed by atoms with van der Waals surface area (Å²) in [6, 6.07) is 10.8. The van der Waals surface area contributed by atoms with Crippen LogP contribution < -0.4 is 5.32 Å². The zero-order chi connectivity index (χ0) is 14.2. The maximum Gasteiger partial charge on any atom is 0.222 e. The van der Waals surface area contributed by atoms with Crippen molar-refractivity contribution in [2.75, 3.05) is 19.6 Å². The molecule has 0 aliphatic carbocycles. The zero-order valence-electron chi connectivity index (χ0n) is 12.5. The normalized spacial score (nSPS) is 18.8. The number of likely N-dealkylation sites (N-methyl/N-ethyl adjacent to an activating group) is 1. The Labute approximate surface area is 122 Å². The van der Waals surface area contributed by atoms with E-state index in [1.54, 1.807) is 0 Å².